The normalized spacial score (nSPS) is 26.0. The molecule has 0 aromatic heterocycles. The third kappa shape index (κ3) is 3.04. The van der Waals surface area contributed by atoms with E-state index in [1.54, 1.807) is 24.3 Å². The van der Waals surface area contributed by atoms with Crippen molar-refractivity contribution in [1.82, 2.24) is 5.32 Å². The van der Waals surface area contributed by atoms with Crippen molar-refractivity contribution >= 4 is 17.5 Å². The van der Waals surface area contributed by atoms with Crippen LogP contribution in [0.4, 0.5) is 10.1 Å². The van der Waals surface area contributed by atoms with Gasteiger partial charge in [-0.2, -0.15) is 0 Å². The van der Waals surface area contributed by atoms with Gasteiger partial charge in [0.15, 0.2) is 0 Å². The first-order chi connectivity index (χ1) is 13.0. The van der Waals surface area contributed by atoms with Crippen LogP contribution >= 0.6 is 0 Å². The van der Waals surface area contributed by atoms with Crippen LogP contribution in [0.25, 0.3) is 0 Å². The van der Waals surface area contributed by atoms with Crippen molar-refractivity contribution in [2.75, 3.05) is 4.90 Å². The molecule has 7 heteroatoms. The van der Waals surface area contributed by atoms with E-state index in [1.165, 1.54) is 30.0 Å². The number of fused-ring (bicyclic) bond motifs is 2. The van der Waals surface area contributed by atoms with E-state index in [0.717, 1.165) is 0 Å². The lowest BCUT2D eigenvalue weighted by Crippen LogP contribution is -2.55. The molecule has 0 radical (unpaired) electrons. The van der Waals surface area contributed by atoms with Crippen LogP contribution in [0.2, 0.25) is 0 Å². The number of nitrogens with zero attached hydrogens (tertiary/aromatic N) is 1. The maximum absolute atomic E-state index is 13.6. The second-order valence-electron chi connectivity index (χ2n) is 6.82. The lowest BCUT2D eigenvalue weighted by Gasteiger charge is -2.39. The topological polar surface area (TPSA) is 78.9 Å². The Labute approximate surface area is 155 Å². The van der Waals surface area contributed by atoms with E-state index in [0.29, 0.717) is 17.7 Å². The number of aliphatic hydroxyl groups excluding tert-OH is 1. The lowest BCUT2D eigenvalue weighted by atomic mass is 10.1. The molecule has 0 spiro atoms. The van der Waals surface area contributed by atoms with E-state index in [2.05, 4.69) is 5.32 Å². The van der Waals surface area contributed by atoms with Crippen molar-refractivity contribution in [2.24, 2.45) is 0 Å². The number of anilines is 1. The summed E-state index contributed by atoms with van der Waals surface area (Å²) in [6.07, 6.45) is -1.24. The van der Waals surface area contributed by atoms with Crippen molar-refractivity contribution in [3.8, 4) is 5.75 Å². The summed E-state index contributed by atoms with van der Waals surface area (Å²) >= 11 is 0. The summed E-state index contributed by atoms with van der Waals surface area (Å²) in [5, 5.41) is 13.6. The highest BCUT2D eigenvalue weighted by Crippen LogP contribution is 2.42. The number of ether oxygens (including phenoxy) is 1. The van der Waals surface area contributed by atoms with E-state index in [-0.39, 0.29) is 17.6 Å². The maximum Gasteiger partial charge on any atom is 0.251 e. The van der Waals surface area contributed by atoms with Crippen molar-refractivity contribution in [2.45, 2.75) is 37.6 Å². The molecule has 2 aromatic carbocycles. The fraction of sp³-hybridized carbons (Fsp3) is 0.300. The SMILES string of the molecule is CC(=O)N1c2ccc(F)cc2O[C@@H]2C[C@@H](NC(=O)c3ccccc3)[C@@H](O)[C@@H]21. The molecule has 4 rings (SSSR count). The zero-order valence-electron chi connectivity index (χ0n) is 14.6. The average Bonchev–Trinajstić information content (AvgIpc) is 2.95. The predicted octanol–water partition coefficient (Wildman–Crippen LogP) is 1.87. The Bertz CT molecular complexity index is 889. The standard InChI is InChI=1S/C20H19FN2O4/c1-11(24)23-15-8-7-13(21)9-16(15)27-17-10-14(19(25)18(17)23)22-20(26)12-5-3-2-4-6-12/h2-9,14,17-19,25H,10H2,1H3,(H,22,26)/t14-,17-,18-,19-/m1/s1. The molecule has 0 unspecified atom stereocenters. The first-order valence-electron chi connectivity index (χ1n) is 8.75. The van der Waals surface area contributed by atoms with E-state index in [9.17, 15) is 19.1 Å². The average molecular weight is 370 g/mol. The molecule has 0 bridgehead atoms. The molecule has 1 fully saturated rings. The number of carbonyl (C=O) groups is 2. The van der Waals surface area contributed by atoms with Crippen molar-refractivity contribution in [1.29, 1.82) is 0 Å². The number of hydrogen-bond donors (Lipinski definition) is 2. The van der Waals surface area contributed by atoms with Gasteiger partial charge in [-0.15, -0.1) is 0 Å². The van der Waals surface area contributed by atoms with E-state index >= 15 is 0 Å². The summed E-state index contributed by atoms with van der Waals surface area (Å²) in [7, 11) is 0. The van der Waals surface area contributed by atoms with Crippen LogP contribution in [-0.2, 0) is 4.79 Å². The maximum atomic E-state index is 13.6. The third-order valence-corrected chi connectivity index (χ3v) is 5.08. The molecule has 2 aromatic rings. The molecular weight excluding hydrogens is 351 g/mol. The minimum atomic E-state index is -1.01. The van der Waals surface area contributed by atoms with Gasteiger partial charge in [0.25, 0.3) is 5.91 Å². The Hall–Kier alpha value is -2.93. The molecule has 1 aliphatic heterocycles. The number of nitrogens with one attached hydrogen (secondary N) is 1. The molecule has 1 aliphatic carbocycles. The summed E-state index contributed by atoms with van der Waals surface area (Å²) in [6, 6.07) is 11.4. The molecule has 0 saturated heterocycles. The molecule has 1 saturated carbocycles. The van der Waals surface area contributed by atoms with Crippen LogP contribution in [0.5, 0.6) is 5.75 Å². The highest BCUT2D eigenvalue weighted by Gasteiger charge is 2.51. The van der Waals surface area contributed by atoms with E-state index in [1.807, 2.05) is 6.07 Å². The summed E-state index contributed by atoms with van der Waals surface area (Å²) < 4.78 is 19.4. The van der Waals surface area contributed by atoms with Crippen LogP contribution in [0.1, 0.15) is 23.7 Å². The highest BCUT2D eigenvalue weighted by atomic mass is 19.1. The van der Waals surface area contributed by atoms with Crippen molar-refractivity contribution in [3.05, 3.63) is 59.9 Å². The first kappa shape index (κ1) is 17.5. The first-order valence-corrected chi connectivity index (χ1v) is 8.75. The number of benzene rings is 2. The Morgan fingerprint density at radius 1 is 1.22 bits per heavy atom. The number of halogens is 1. The zero-order valence-corrected chi connectivity index (χ0v) is 14.6. The molecule has 2 aliphatic rings. The lowest BCUT2D eigenvalue weighted by molar-refractivity contribution is -0.118. The quantitative estimate of drug-likeness (QED) is 0.846. The van der Waals surface area contributed by atoms with Crippen LogP contribution in [0, 0.1) is 5.82 Å². The van der Waals surface area contributed by atoms with Crippen LogP contribution in [-0.4, -0.2) is 41.2 Å². The zero-order chi connectivity index (χ0) is 19.1. The fourth-order valence-electron chi connectivity index (χ4n) is 3.89. The Morgan fingerprint density at radius 3 is 2.67 bits per heavy atom. The largest absolute Gasteiger partial charge is 0.486 e. The molecule has 1 heterocycles. The van der Waals surface area contributed by atoms with Gasteiger partial charge >= 0.3 is 0 Å². The van der Waals surface area contributed by atoms with Crippen molar-refractivity contribution in [3.63, 3.8) is 0 Å². The minimum absolute atomic E-state index is 0.258. The minimum Gasteiger partial charge on any atom is -0.486 e. The molecule has 27 heavy (non-hydrogen) atoms. The van der Waals surface area contributed by atoms with Gasteiger partial charge in [-0.1, -0.05) is 18.2 Å². The molecule has 6 nitrogen and oxygen atoms in total. The molecular formula is C20H19FN2O4. The Kier molecular flexibility index (Phi) is 4.31. The predicted molar refractivity (Wildman–Crippen MR) is 96.1 cm³/mol. The van der Waals surface area contributed by atoms with Gasteiger partial charge in [-0.25, -0.2) is 4.39 Å². The monoisotopic (exact) mass is 370 g/mol. The number of aliphatic hydroxyl groups is 1. The summed E-state index contributed by atoms with van der Waals surface area (Å²) in [5.74, 6) is -0.802. The summed E-state index contributed by atoms with van der Waals surface area (Å²) in [4.78, 5) is 26.1. The van der Waals surface area contributed by atoms with Gasteiger partial charge < -0.3 is 15.2 Å². The smallest absolute Gasteiger partial charge is 0.251 e. The number of rotatable bonds is 2. The fourth-order valence-corrected chi connectivity index (χ4v) is 3.89. The van der Waals surface area contributed by atoms with Crippen molar-refractivity contribution < 1.29 is 23.8 Å². The third-order valence-electron chi connectivity index (χ3n) is 5.08. The van der Waals surface area contributed by atoms with Gasteiger partial charge in [0.1, 0.15) is 23.7 Å². The van der Waals surface area contributed by atoms with E-state index in [4.69, 9.17) is 4.74 Å². The molecule has 140 valence electrons. The Morgan fingerprint density at radius 2 is 1.96 bits per heavy atom. The van der Waals surface area contributed by atoms with Gasteiger partial charge in [0.2, 0.25) is 5.91 Å². The van der Waals surface area contributed by atoms with Gasteiger partial charge in [-0.05, 0) is 24.3 Å². The summed E-state index contributed by atoms with van der Waals surface area (Å²) in [5.41, 5.74) is 0.897. The molecule has 2 amide bonds. The van der Waals surface area contributed by atoms with Crippen LogP contribution in [0.15, 0.2) is 48.5 Å². The number of carbonyl (C=O) groups excluding carboxylic acids is 2. The van der Waals surface area contributed by atoms with Crippen LogP contribution < -0.4 is 15.0 Å². The van der Waals surface area contributed by atoms with Gasteiger partial charge in [0, 0.05) is 25.0 Å². The molecule has 2 N–H and O–H groups in total. The number of hydrogen-bond acceptors (Lipinski definition) is 4. The highest BCUT2D eigenvalue weighted by molar-refractivity contribution is 5.96. The Balaban J connectivity index is 1.60. The van der Waals surface area contributed by atoms with Crippen LogP contribution in [0.3, 0.4) is 0 Å². The summed E-state index contributed by atoms with van der Waals surface area (Å²) in [6.45, 7) is 1.39. The van der Waals surface area contributed by atoms with Gasteiger partial charge in [-0.3, -0.25) is 14.5 Å². The second-order valence-corrected chi connectivity index (χ2v) is 6.82. The molecule has 4 atom stereocenters. The number of amides is 2. The van der Waals surface area contributed by atoms with Gasteiger partial charge in [0.05, 0.1) is 17.8 Å². The second kappa shape index (κ2) is 6.66. The van der Waals surface area contributed by atoms with E-state index < -0.39 is 30.1 Å².